The third-order valence-corrected chi connectivity index (χ3v) is 15.3. The van der Waals surface area contributed by atoms with Crippen molar-refractivity contribution >= 4 is 45.8 Å². The lowest BCUT2D eigenvalue weighted by Crippen LogP contribution is -2.55. The number of alkyl carbamates (subject to hydrolysis) is 2. The van der Waals surface area contributed by atoms with Gasteiger partial charge in [0.05, 0.1) is 49.2 Å². The largest absolute Gasteiger partial charge is 0.488 e. The molecule has 4 aliphatic heterocycles. The molecule has 2 aromatic heterocycles. The van der Waals surface area contributed by atoms with Crippen LogP contribution in [0.15, 0.2) is 48.7 Å². The van der Waals surface area contributed by atoms with E-state index in [-0.39, 0.29) is 47.8 Å². The molecule has 8 atom stereocenters. The summed E-state index contributed by atoms with van der Waals surface area (Å²) in [6, 6.07) is 13.0. The molecule has 348 valence electrons. The number of nitrogens with one attached hydrogen (secondary N) is 4. The zero-order valence-electron chi connectivity index (χ0n) is 38.4. The highest BCUT2D eigenvalue weighted by Gasteiger charge is 2.50. The molecule has 1 aliphatic carbocycles. The van der Waals surface area contributed by atoms with E-state index < -0.39 is 24.3 Å². The summed E-state index contributed by atoms with van der Waals surface area (Å²) >= 11 is 0. The Kier molecular flexibility index (Phi) is 11.9. The molecule has 5 aliphatic rings. The molecule has 3 aromatic carbocycles. The van der Waals surface area contributed by atoms with Gasteiger partial charge < -0.3 is 49.3 Å². The van der Waals surface area contributed by atoms with Gasteiger partial charge >= 0.3 is 12.2 Å². The standard InChI is InChI=1S/C50H60N8O8/c1-6-26(2)42(55-49(61)63-4)47(59)57-27(3)10-15-39(57)45-51-24-37(53-45)30-11-13-33-32(20-30)25-66-41-23-34-29(21-35(33)41)12-14-36-44(34)54-46(52-36)40-22-31-8-7-9-38(31)58(40)48(60)43(56-50(62)64-5)28-16-18-65-19-17-28/h11-14,20-21,23-24,26-28,31,38-40,42-43H,6-10,15-19,22,25H2,1-5H3,(H,51,53)(H,52,54)(H,55,61)(H,56,62)/t26-,27-,31-,38-,39-,40-,42-,43-/m0/s1. The van der Waals surface area contributed by atoms with Crippen LogP contribution in [0.4, 0.5) is 9.59 Å². The molecule has 0 bridgehead atoms. The Morgan fingerprint density at radius 2 is 1.67 bits per heavy atom. The van der Waals surface area contributed by atoms with Crippen LogP contribution in [-0.2, 0) is 30.4 Å². The molecule has 3 saturated heterocycles. The lowest BCUT2D eigenvalue weighted by molar-refractivity contribution is -0.139. The number of carbonyl (C=O) groups is 4. The molecular formula is C50H60N8O8. The van der Waals surface area contributed by atoms with Crippen LogP contribution in [-0.4, -0.2) is 105 Å². The molecule has 5 aromatic rings. The number of hydrogen-bond acceptors (Lipinski definition) is 10. The summed E-state index contributed by atoms with van der Waals surface area (Å²) in [7, 11) is 2.64. The fourth-order valence-electron chi connectivity index (χ4n) is 11.6. The summed E-state index contributed by atoms with van der Waals surface area (Å²) < 4.78 is 22.0. The van der Waals surface area contributed by atoms with Gasteiger partial charge in [-0.25, -0.2) is 19.6 Å². The molecule has 66 heavy (non-hydrogen) atoms. The maximum Gasteiger partial charge on any atom is 0.407 e. The Hall–Kier alpha value is -6.16. The number of carbonyl (C=O) groups excluding carboxylic acids is 4. The van der Waals surface area contributed by atoms with Gasteiger partial charge in [0.2, 0.25) is 11.8 Å². The predicted octanol–water partition coefficient (Wildman–Crippen LogP) is 8.08. The van der Waals surface area contributed by atoms with Gasteiger partial charge in [-0.1, -0.05) is 44.9 Å². The molecule has 10 rings (SSSR count). The first-order valence-corrected chi connectivity index (χ1v) is 23.7. The van der Waals surface area contributed by atoms with Gasteiger partial charge in [-0.3, -0.25) is 9.59 Å². The fourth-order valence-corrected chi connectivity index (χ4v) is 11.6. The molecular weight excluding hydrogens is 841 g/mol. The van der Waals surface area contributed by atoms with Crippen LogP contribution in [0.5, 0.6) is 5.75 Å². The number of hydrogen-bond donors (Lipinski definition) is 4. The van der Waals surface area contributed by atoms with Crippen molar-refractivity contribution in [3.05, 3.63) is 65.9 Å². The van der Waals surface area contributed by atoms with Crippen molar-refractivity contribution in [1.82, 2.24) is 40.4 Å². The molecule has 6 heterocycles. The molecule has 4 N–H and O–H groups in total. The average Bonchev–Trinajstić information content (AvgIpc) is 4.20. The van der Waals surface area contributed by atoms with Gasteiger partial charge in [-0.05, 0) is 116 Å². The van der Waals surface area contributed by atoms with Crippen molar-refractivity contribution in [2.24, 2.45) is 17.8 Å². The summed E-state index contributed by atoms with van der Waals surface area (Å²) in [5, 5.41) is 7.69. The third kappa shape index (κ3) is 7.79. The summed E-state index contributed by atoms with van der Waals surface area (Å²) in [4.78, 5) is 74.8. The zero-order valence-corrected chi connectivity index (χ0v) is 38.4. The van der Waals surface area contributed by atoms with E-state index in [0.29, 0.717) is 44.4 Å². The highest BCUT2D eigenvalue weighted by atomic mass is 16.5. The maximum absolute atomic E-state index is 14.7. The van der Waals surface area contributed by atoms with Crippen LogP contribution in [0.3, 0.4) is 0 Å². The van der Waals surface area contributed by atoms with Crippen LogP contribution in [0.1, 0.15) is 108 Å². The number of methoxy groups -OCH3 is 2. The van der Waals surface area contributed by atoms with E-state index >= 15 is 0 Å². The van der Waals surface area contributed by atoms with Gasteiger partial charge in [-0.2, -0.15) is 0 Å². The number of benzene rings is 3. The van der Waals surface area contributed by atoms with Gasteiger partial charge in [0.25, 0.3) is 0 Å². The third-order valence-electron chi connectivity index (χ3n) is 15.3. The van der Waals surface area contributed by atoms with E-state index in [9.17, 15) is 19.2 Å². The van der Waals surface area contributed by atoms with Crippen LogP contribution >= 0.6 is 0 Å². The van der Waals surface area contributed by atoms with Crippen molar-refractivity contribution in [3.8, 4) is 28.1 Å². The minimum absolute atomic E-state index is 0.0168. The highest BCUT2D eigenvalue weighted by molar-refractivity contribution is 6.07. The van der Waals surface area contributed by atoms with Gasteiger partial charge in [0.15, 0.2) is 0 Å². The number of rotatable bonds is 10. The molecule has 0 radical (unpaired) electrons. The van der Waals surface area contributed by atoms with Crippen molar-refractivity contribution < 1.29 is 38.1 Å². The first kappa shape index (κ1) is 43.7. The smallest absolute Gasteiger partial charge is 0.407 e. The van der Waals surface area contributed by atoms with E-state index in [4.69, 9.17) is 28.9 Å². The van der Waals surface area contributed by atoms with E-state index in [2.05, 4.69) is 63.1 Å². The number of amides is 4. The van der Waals surface area contributed by atoms with Crippen LogP contribution in [0.2, 0.25) is 0 Å². The minimum atomic E-state index is -0.706. The minimum Gasteiger partial charge on any atom is -0.488 e. The Balaban J connectivity index is 0.911. The van der Waals surface area contributed by atoms with E-state index in [1.165, 1.54) is 14.2 Å². The molecule has 1 saturated carbocycles. The zero-order chi connectivity index (χ0) is 45.8. The Bertz CT molecular complexity index is 2670. The van der Waals surface area contributed by atoms with Crippen molar-refractivity contribution in [1.29, 1.82) is 0 Å². The Morgan fingerprint density at radius 1 is 0.864 bits per heavy atom. The van der Waals surface area contributed by atoms with Gasteiger partial charge in [-0.15, -0.1) is 0 Å². The molecule has 16 heteroatoms. The number of H-pyrrole nitrogens is 2. The summed E-state index contributed by atoms with van der Waals surface area (Å²) in [5.74, 6) is 2.30. The van der Waals surface area contributed by atoms with E-state index in [1.54, 1.807) is 0 Å². The highest BCUT2D eigenvalue weighted by Crippen LogP contribution is 2.49. The van der Waals surface area contributed by atoms with Crippen LogP contribution < -0.4 is 15.4 Å². The second-order valence-corrected chi connectivity index (χ2v) is 19.0. The monoisotopic (exact) mass is 900 g/mol. The van der Waals surface area contributed by atoms with E-state index in [0.717, 1.165) is 106 Å². The second-order valence-electron chi connectivity index (χ2n) is 19.0. The maximum atomic E-state index is 14.7. The topological polar surface area (TPSA) is 193 Å². The first-order chi connectivity index (χ1) is 32.0. The number of aromatic nitrogens is 4. The van der Waals surface area contributed by atoms with Crippen LogP contribution in [0.25, 0.3) is 44.2 Å². The first-order valence-electron chi connectivity index (χ1n) is 23.7. The summed E-state index contributed by atoms with van der Waals surface area (Å²) in [6.45, 7) is 7.51. The number of nitrogens with zero attached hydrogens (tertiary/aromatic N) is 4. The molecule has 16 nitrogen and oxygen atoms in total. The SMILES string of the molecule is CC[C@H](C)[C@H](NC(=O)OC)C(=O)N1[C@@H](C)CC[C@H]1c1ncc(-c2ccc3c(c2)COc2cc4c(ccc5[nH]c([C@@H]6C[C@@H]7CCC[C@@H]7N6C(=O)[C@@H](NC(=O)OC)C6CCOCC6)nc54)cc2-3)[nH]1. The predicted molar refractivity (Wildman–Crippen MR) is 246 cm³/mol. The summed E-state index contributed by atoms with van der Waals surface area (Å²) in [6.07, 6.45) is 8.17. The Morgan fingerprint density at radius 3 is 2.45 bits per heavy atom. The lowest BCUT2D eigenvalue weighted by atomic mass is 9.90. The second kappa shape index (κ2) is 17.9. The normalized spacial score (nSPS) is 24.0. The van der Waals surface area contributed by atoms with Gasteiger partial charge in [0.1, 0.15) is 36.1 Å². The number of fused-ring (bicyclic) bond motifs is 7. The number of aromatic amines is 2. The average molecular weight is 901 g/mol. The molecule has 4 fully saturated rings. The molecule has 4 amide bonds. The van der Waals surface area contributed by atoms with Crippen molar-refractivity contribution in [3.63, 3.8) is 0 Å². The Labute approximate surface area is 383 Å². The van der Waals surface area contributed by atoms with Crippen LogP contribution in [0, 0.1) is 17.8 Å². The van der Waals surface area contributed by atoms with Crippen molar-refractivity contribution in [2.75, 3.05) is 27.4 Å². The molecule has 0 spiro atoms. The fraction of sp³-hybridized carbons (Fsp3) is 0.520. The quantitative estimate of drug-likeness (QED) is 0.107. The number of ether oxygens (including phenoxy) is 4. The lowest BCUT2D eigenvalue weighted by Gasteiger charge is -2.36. The number of imidazole rings is 2. The number of likely N-dealkylation sites (tertiary alicyclic amines) is 2. The van der Waals surface area contributed by atoms with Crippen molar-refractivity contribution in [2.45, 2.75) is 121 Å². The van der Waals surface area contributed by atoms with E-state index in [1.807, 2.05) is 36.8 Å². The summed E-state index contributed by atoms with van der Waals surface area (Å²) in [5.41, 5.74) is 6.66. The molecule has 0 unspecified atom stereocenters. The van der Waals surface area contributed by atoms with Gasteiger partial charge in [0, 0.05) is 36.2 Å².